The van der Waals surface area contributed by atoms with Gasteiger partial charge in [-0.25, -0.2) is 28.8 Å². The number of nitrogens with zero attached hydrogens (tertiary/aromatic N) is 1. The highest BCUT2D eigenvalue weighted by atomic mass is 79.9. The number of esters is 6. The van der Waals surface area contributed by atoms with E-state index in [0.717, 1.165) is 116 Å². The molecule has 147 heavy (non-hydrogen) atoms. The molecule has 0 atom stereocenters. The van der Waals surface area contributed by atoms with Crippen LogP contribution in [0.25, 0.3) is 86.2 Å². The van der Waals surface area contributed by atoms with E-state index in [4.69, 9.17) is 45.3 Å². The maximum absolute atomic E-state index is 14.6. The molecule has 0 aromatic heterocycles. The van der Waals surface area contributed by atoms with Crippen molar-refractivity contribution in [2.45, 2.75) is 304 Å². The monoisotopic (exact) mass is 2250 g/mol. The first kappa shape index (κ1) is 110. The van der Waals surface area contributed by atoms with Gasteiger partial charge in [-0.1, -0.05) is 371 Å². The smallest absolute Gasteiger partial charge is 0.346 e. The number of nitrogens with two attached hydrogens (primary N) is 1. The molecule has 0 saturated carbocycles. The zero-order valence-corrected chi connectivity index (χ0v) is 90.7. The van der Waals surface area contributed by atoms with Crippen molar-refractivity contribution in [1.82, 2.24) is 4.90 Å². The van der Waals surface area contributed by atoms with E-state index in [-0.39, 0.29) is 40.5 Å². The van der Waals surface area contributed by atoms with E-state index < -0.39 is 47.6 Å². The van der Waals surface area contributed by atoms with Gasteiger partial charge in [-0.15, -0.1) is 6.42 Å². The number of amides is 2. The van der Waals surface area contributed by atoms with Gasteiger partial charge in [0.05, 0.1) is 59.7 Å². The van der Waals surface area contributed by atoms with Crippen molar-refractivity contribution in [1.29, 1.82) is 0 Å². The second kappa shape index (κ2) is 56.5. The topological polar surface area (TPSA) is 230 Å². The molecule has 0 aliphatic carbocycles. The number of hydrogen-bond donors (Lipinski definition) is 1. The molecule has 17 nitrogen and oxygen atoms in total. The molecule has 0 radical (unpaired) electrons. The van der Waals surface area contributed by atoms with Crippen LogP contribution in [-0.2, 0) is 27.3 Å². The van der Waals surface area contributed by atoms with Gasteiger partial charge >= 0.3 is 35.8 Å². The average molecular weight is 2260 g/mol. The van der Waals surface area contributed by atoms with E-state index in [0.29, 0.717) is 114 Å². The number of hydrogen-bond acceptors (Lipinski definition) is 16. The zero-order chi connectivity index (χ0) is 103. The normalized spacial score (nSPS) is 12.4. The highest BCUT2D eigenvalue weighted by molar-refractivity contribution is 9.11. The van der Waals surface area contributed by atoms with Gasteiger partial charge in [0.2, 0.25) is 0 Å². The number of imide groups is 1. The Bertz CT molecular complexity index is 7410. The maximum Gasteiger partial charge on any atom is 0.346 e. The lowest BCUT2D eigenvalue weighted by Gasteiger charge is -2.29. The molecule has 4 heterocycles. The molecule has 12 aromatic carbocycles. The molecule has 0 unspecified atom stereocenters. The van der Waals surface area contributed by atoms with Crippen LogP contribution in [0.15, 0.2) is 127 Å². The molecule has 21 heteroatoms. The average Bonchev–Trinajstić information content (AvgIpc) is 0.687. The van der Waals surface area contributed by atoms with E-state index in [9.17, 15) is 38.4 Å². The third kappa shape index (κ3) is 27.9. The number of carbonyl (C=O) groups excluding carboxylic acids is 8. The molecule has 0 bridgehead atoms. The number of unbranched alkanes of at least 4 members (excludes halogenated alkanes) is 39. The van der Waals surface area contributed by atoms with E-state index >= 15 is 0 Å². The summed E-state index contributed by atoms with van der Waals surface area (Å²) in [7, 11) is 0. The first-order valence-corrected chi connectivity index (χ1v) is 55.9. The molecular formula is C126H156Br4N2O15. The molecule has 0 fully saturated rings. The van der Waals surface area contributed by atoms with Crippen LogP contribution in [0.1, 0.15) is 407 Å². The standard InChI is InChI=1S/C63H45Br2NO7.C39H73NO2.C24H6Br2O6.16H2/c1-3-5-7-9-11-13-15-17-19-21-23-25-27-29-37-71-52-36-31-43(39-53(52)72-38-30-28-26-24-22-20-18-16-14-12-10-8-6-4-2)42-66-60(67)46-34-32-44-57-51(65)41-49-55-47(62(69)73-63(49)70)35-33-45(59(55)57)56-50(64)40-48(61(66)68)54(46)58(44)56;1-3-5-7-9-11-13-15-17-19-21-23-25-27-29-33-41-38-32-31-37(36-40)35-39(38)42-34-30-28-26-24-22-20-18-16-14-12-10-8-6-4-2;25-13-5-12-16-10(22(28)32-24(12)30)4-2-8-18-14(26)6-11-15-9(21(27)31-23(11)29)3-1-7(19(15)18)17(13)20(8)16;;;;;;;;;;;;;;;;/h2,31-36,39-41H,3,5,7,9,11,13,15,17,19,21,23,25,27,29,37,42H2,1H3;31-32,35H,3-30,33-34,36,40H2,1-2H3;1-6H;16*1H. The third-order valence-corrected chi connectivity index (χ3v) is 30.2. The van der Waals surface area contributed by atoms with Crippen molar-refractivity contribution >= 4 is 198 Å². The van der Waals surface area contributed by atoms with E-state index in [1.165, 1.54) is 242 Å². The van der Waals surface area contributed by atoms with Gasteiger partial charge in [0.15, 0.2) is 23.0 Å². The van der Waals surface area contributed by atoms with Gasteiger partial charge in [0.1, 0.15) is 6.11 Å². The summed E-state index contributed by atoms with van der Waals surface area (Å²) < 4.78 is 41.9. The van der Waals surface area contributed by atoms with E-state index in [2.05, 4.69) is 186 Å². The quantitative estimate of drug-likeness (QED) is 0.00546. The largest absolute Gasteiger partial charge is 0.490 e. The summed E-state index contributed by atoms with van der Waals surface area (Å²) in [6.07, 6.45) is 63.7. The summed E-state index contributed by atoms with van der Waals surface area (Å²) in [4.78, 5) is 106. The Morgan fingerprint density at radius 1 is 0.272 bits per heavy atom. The highest BCUT2D eigenvalue weighted by Crippen LogP contribution is 2.53. The van der Waals surface area contributed by atoms with Crippen LogP contribution in [0, 0.1) is 95.4 Å². The van der Waals surface area contributed by atoms with Crippen LogP contribution >= 0.6 is 63.7 Å². The molecule has 0 spiro atoms. The van der Waals surface area contributed by atoms with Crippen LogP contribution < -0.4 is 24.7 Å². The minimum Gasteiger partial charge on any atom is -0.490 e. The highest BCUT2D eigenvalue weighted by Gasteiger charge is 2.39. The Morgan fingerprint density at radius 2 is 0.531 bits per heavy atom. The molecular weight excluding hydrogens is 2100 g/mol. The first-order valence-electron chi connectivity index (χ1n) is 52.7. The summed E-state index contributed by atoms with van der Waals surface area (Å²) in [6.45, 7) is 9.32. The van der Waals surface area contributed by atoms with Crippen LogP contribution in [0.3, 0.4) is 0 Å². The van der Waals surface area contributed by atoms with Crippen molar-refractivity contribution in [3.8, 4) is 118 Å². The fraction of sp³-hybridized carbons (Fsp3) is 0.397. The minimum atomic E-state index is -0.726. The number of cyclic esters (lactones) is 6. The van der Waals surface area contributed by atoms with Crippen molar-refractivity contribution in [3.05, 3.63) is 183 Å². The Balaban J connectivity index is -0.00000244. The molecule has 4 aliphatic heterocycles. The van der Waals surface area contributed by atoms with Gasteiger partial charge in [-0.2, -0.15) is 0 Å². The van der Waals surface area contributed by atoms with Crippen LogP contribution in [0.5, 0.6) is 23.0 Å². The molecule has 788 valence electrons. The molecule has 2 amide bonds. The summed E-state index contributed by atoms with van der Waals surface area (Å²) in [5.41, 5.74) is 10.1. The molecule has 4 aliphatic rings. The Kier molecular flexibility index (Phi) is 42.3. The zero-order valence-electron chi connectivity index (χ0n) is 84.4. The first-order chi connectivity index (χ1) is 71.9. The van der Waals surface area contributed by atoms with Crippen molar-refractivity contribution in [2.24, 2.45) is 5.73 Å². The maximum atomic E-state index is 14.6. The summed E-state index contributed by atoms with van der Waals surface area (Å²) in [5, 5.41) is 11.0. The van der Waals surface area contributed by atoms with E-state index in [1.807, 2.05) is 18.2 Å². The molecule has 2 N–H and O–H groups in total. The Labute approximate surface area is 920 Å². The number of fused-ring (bicyclic) bond motifs is 4. The van der Waals surface area contributed by atoms with Crippen molar-refractivity contribution in [2.75, 3.05) is 19.8 Å². The summed E-state index contributed by atoms with van der Waals surface area (Å²) in [5.74, 6) is 32.5. The lowest BCUT2D eigenvalue weighted by molar-refractivity contribution is 0.0373. The number of benzene rings is 12. The lowest BCUT2D eigenvalue weighted by Crippen LogP contribution is -2.39. The van der Waals surface area contributed by atoms with E-state index in [1.54, 1.807) is 78.9 Å². The Morgan fingerprint density at radius 3 is 0.857 bits per heavy atom. The molecule has 0 saturated heterocycles. The predicted octanol–water partition coefficient (Wildman–Crippen LogP) is 35.9. The van der Waals surface area contributed by atoms with Gasteiger partial charge in [0.25, 0.3) is 11.8 Å². The fourth-order valence-corrected chi connectivity index (χ4v) is 22.9. The summed E-state index contributed by atoms with van der Waals surface area (Å²) in [6, 6.07) is 32.1. The second-order valence-corrected chi connectivity index (χ2v) is 41.5. The van der Waals surface area contributed by atoms with Gasteiger partial charge < -0.3 is 38.9 Å². The molecule has 16 rings (SSSR count). The van der Waals surface area contributed by atoms with Crippen LogP contribution in [0.2, 0.25) is 0 Å². The number of rotatable bonds is 52. The minimum absolute atomic E-state index is 0. The van der Waals surface area contributed by atoms with Crippen molar-refractivity contribution < 1.29 is 94.3 Å². The predicted molar refractivity (Wildman–Crippen MR) is 635 cm³/mol. The number of halogens is 4. The second-order valence-electron chi connectivity index (χ2n) is 38.1. The number of terminal acetylenes is 1. The van der Waals surface area contributed by atoms with Gasteiger partial charge in [-0.05, 0) is 166 Å². The lowest BCUT2D eigenvalue weighted by atomic mass is 9.83. The number of carbonyl (C=O) groups is 8. The van der Waals surface area contributed by atoms with Crippen molar-refractivity contribution in [3.63, 3.8) is 0 Å². The van der Waals surface area contributed by atoms with Crippen LogP contribution in [0.4, 0.5) is 0 Å². The fourth-order valence-electron chi connectivity index (χ4n) is 20.3. The summed E-state index contributed by atoms with van der Waals surface area (Å²) >= 11 is 14.7. The Hall–Kier alpha value is -12.6. The van der Waals surface area contributed by atoms with Crippen LogP contribution in [-0.4, -0.2) is 72.4 Å². The third-order valence-electron chi connectivity index (χ3n) is 27.7. The molecule has 12 aromatic rings. The van der Waals surface area contributed by atoms with Gasteiger partial charge in [-0.3, -0.25) is 14.5 Å². The number of ether oxygens (including phenoxy) is 7. The van der Waals surface area contributed by atoms with Gasteiger partial charge in [0, 0.05) is 164 Å². The SMILES string of the molecule is C#CC#CC#CC#CC#CC#CC#CC#COc1cc(CN2C(=O)c3ccc4c5c(Br)cc6c7c(ccc(c8c(Br)cc(c3c48)C2=O)c75)C(=O)OC6=O)ccc1OCCCCCCCCCCCCCCCC.CCCCCCCCCCCCCCCCOc1ccc(CN)cc1OCCCCCCCCCCCCCCCC.O=C1OC(=O)c2cc(Br)c3c4ccc5c6c(cc(Br)c(c7ccc1c2c73)c64)C(=O)OC5=O.[HH].[HH].[HH].[HH].[HH].[HH].[HH].[HH].[HH].[HH].[HH].[HH].[HH].[HH].[HH].[HH].